The van der Waals surface area contributed by atoms with Crippen LogP contribution in [0.1, 0.15) is 44.1 Å². The van der Waals surface area contributed by atoms with Gasteiger partial charge in [0.15, 0.2) is 5.79 Å². The van der Waals surface area contributed by atoms with Gasteiger partial charge in [0.25, 0.3) is 0 Å². The summed E-state index contributed by atoms with van der Waals surface area (Å²) < 4.78 is 24.8. The standard InChI is InChI=1S/C19H24FNO3/c20-16-5-3-15(4-6-16)18(7-1-2-8-18)17(22)21-11-9-19(10-12-21)23-13-14-24-19/h3-6H,1-2,7-14H2. The van der Waals surface area contributed by atoms with Gasteiger partial charge in [0.05, 0.1) is 18.6 Å². The van der Waals surface area contributed by atoms with E-state index in [4.69, 9.17) is 9.47 Å². The highest BCUT2D eigenvalue weighted by atomic mass is 19.1. The lowest BCUT2D eigenvalue weighted by Crippen LogP contribution is -2.52. The third kappa shape index (κ3) is 2.64. The number of carbonyl (C=O) groups excluding carboxylic acids is 1. The van der Waals surface area contributed by atoms with Crippen LogP contribution in [0.2, 0.25) is 0 Å². The molecule has 2 heterocycles. The second kappa shape index (κ2) is 6.12. The molecule has 1 aliphatic carbocycles. The molecule has 3 aliphatic rings. The Labute approximate surface area is 141 Å². The molecule has 0 aromatic heterocycles. The minimum Gasteiger partial charge on any atom is -0.347 e. The molecule has 1 amide bonds. The first-order valence-corrected chi connectivity index (χ1v) is 8.97. The molecule has 2 saturated heterocycles. The summed E-state index contributed by atoms with van der Waals surface area (Å²) in [7, 11) is 0. The summed E-state index contributed by atoms with van der Waals surface area (Å²) in [4.78, 5) is 15.3. The van der Waals surface area contributed by atoms with Gasteiger partial charge in [-0.2, -0.15) is 0 Å². The van der Waals surface area contributed by atoms with Gasteiger partial charge in [-0.15, -0.1) is 0 Å². The third-order valence-corrected chi connectivity index (χ3v) is 5.89. The average molecular weight is 333 g/mol. The molecule has 2 aliphatic heterocycles. The molecule has 1 spiro atoms. The van der Waals surface area contributed by atoms with Crippen LogP contribution in [0.3, 0.4) is 0 Å². The molecule has 4 rings (SSSR count). The molecule has 1 saturated carbocycles. The Morgan fingerprint density at radius 3 is 2.12 bits per heavy atom. The fourth-order valence-electron chi connectivity index (χ4n) is 4.51. The zero-order valence-corrected chi connectivity index (χ0v) is 13.9. The van der Waals surface area contributed by atoms with Gasteiger partial charge >= 0.3 is 0 Å². The van der Waals surface area contributed by atoms with Crippen molar-refractivity contribution in [3.05, 3.63) is 35.6 Å². The van der Waals surface area contributed by atoms with Crippen LogP contribution in [-0.4, -0.2) is 42.9 Å². The Hall–Kier alpha value is -1.46. The van der Waals surface area contributed by atoms with Crippen molar-refractivity contribution < 1.29 is 18.7 Å². The lowest BCUT2D eigenvalue weighted by molar-refractivity contribution is -0.188. The summed E-state index contributed by atoms with van der Waals surface area (Å²) >= 11 is 0. The Morgan fingerprint density at radius 2 is 1.54 bits per heavy atom. The largest absolute Gasteiger partial charge is 0.347 e. The second-order valence-electron chi connectivity index (χ2n) is 7.20. The van der Waals surface area contributed by atoms with Crippen LogP contribution in [0.25, 0.3) is 0 Å². The monoisotopic (exact) mass is 333 g/mol. The van der Waals surface area contributed by atoms with Crippen LogP contribution < -0.4 is 0 Å². The first-order chi connectivity index (χ1) is 11.6. The normalized spacial score (nSPS) is 25.3. The maximum absolute atomic E-state index is 13.4. The molecule has 0 bridgehead atoms. The molecule has 0 N–H and O–H groups in total. The van der Waals surface area contributed by atoms with Crippen LogP contribution in [0.15, 0.2) is 24.3 Å². The number of piperidine rings is 1. The van der Waals surface area contributed by atoms with Crippen LogP contribution in [0.5, 0.6) is 0 Å². The minimum absolute atomic E-state index is 0.194. The lowest BCUT2D eigenvalue weighted by atomic mass is 9.77. The lowest BCUT2D eigenvalue weighted by Gasteiger charge is -2.41. The minimum atomic E-state index is -0.477. The van der Waals surface area contributed by atoms with E-state index >= 15 is 0 Å². The maximum atomic E-state index is 13.4. The molecule has 1 aromatic rings. The Morgan fingerprint density at radius 1 is 0.958 bits per heavy atom. The summed E-state index contributed by atoms with van der Waals surface area (Å²) in [6.07, 6.45) is 5.27. The quantitative estimate of drug-likeness (QED) is 0.835. The van der Waals surface area contributed by atoms with Crippen molar-refractivity contribution in [2.75, 3.05) is 26.3 Å². The molecule has 24 heavy (non-hydrogen) atoms. The Kier molecular flexibility index (Phi) is 4.09. The number of hydrogen-bond acceptors (Lipinski definition) is 3. The zero-order chi connectivity index (χ0) is 16.6. The molecule has 4 nitrogen and oxygen atoms in total. The van der Waals surface area contributed by atoms with Crippen LogP contribution in [0.4, 0.5) is 4.39 Å². The maximum Gasteiger partial charge on any atom is 0.233 e. The van der Waals surface area contributed by atoms with E-state index in [0.29, 0.717) is 26.3 Å². The van der Waals surface area contributed by atoms with Gasteiger partial charge in [0, 0.05) is 25.9 Å². The van der Waals surface area contributed by atoms with Crippen LogP contribution in [0, 0.1) is 5.82 Å². The van der Waals surface area contributed by atoms with E-state index in [0.717, 1.165) is 44.1 Å². The van der Waals surface area contributed by atoms with E-state index in [1.807, 2.05) is 4.90 Å². The molecule has 1 aromatic carbocycles. The van der Waals surface area contributed by atoms with E-state index in [1.165, 1.54) is 12.1 Å². The van der Waals surface area contributed by atoms with Crippen molar-refractivity contribution in [2.24, 2.45) is 0 Å². The van der Waals surface area contributed by atoms with Gasteiger partial charge in [-0.05, 0) is 30.5 Å². The van der Waals surface area contributed by atoms with Gasteiger partial charge in [-0.3, -0.25) is 4.79 Å². The number of ether oxygens (including phenoxy) is 2. The number of carbonyl (C=O) groups is 1. The summed E-state index contributed by atoms with van der Waals surface area (Å²) in [6.45, 7) is 2.63. The van der Waals surface area contributed by atoms with Crippen molar-refractivity contribution >= 4 is 5.91 Å². The fourth-order valence-corrected chi connectivity index (χ4v) is 4.51. The number of nitrogens with zero attached hydrogens (tertiary/aromatic N) is 1. The smallest absolute Gasteiger partial charge is 0.233 e. The highest BCUT2D eigenvalue weighted by Gasteiger charge is 2.48. The predicted octanol–water partition coefficient (Wildman–Crippen LogP) is 3.00. The Balaban J connectivity index is 1.54. The van der Waals surface area contributed by atoms with Crippen LogP contribution in [-0.2, 0) is 19.7 Å². The molecule has 3 fully saturated rings. The van der Waals surface area contributed by atoms with E-state index in [2.05, 4.69) is 0 Å². The zero-order valence-electron chi connectivity index (χ0n) is 13.9. The third-order valence-electron chi connectivity index (χ3n) is 5.89. The molecule has 0 radical (unpaired) electrons. The molecular formula is C19H24FNO3. The van der Waals surface area contributed by atoms with Crippen molar-refractivity contribution in [3.8, 4) is 0 Å². The summed E-state index contributed by atoms with van der Waals surface area (Å²) in [5.74, 6) is -0.524. The SMILES string of the molecule is O=C(N1CCC2(CC1)OCCO2)C1(c2ccc(F)cc2)CCCC1. The van der Waals surface area contributed by atoms with E-state index in [1.54, 1.807) is 12.1 Å². The molecular weight excluding hydrogens is 309 g/mol. The van der Waals surface area contributed by atoms with Crippen molar-refractivity contribution in [1.82, 2.24) is 4.90 Å². The van der Waals surface area contributed by atoms with E-state index in [9.17, 15) is 9.18 Å². The topological polar surface area (TPSA) is 38.8 Å². The highest BCUT2D eigenvalue weighted by Crippen LogP contribution is 2.44. The summed E-state index contributed by atoms with van der Waals surface area (Å²) in [6, 6.07) is 6.50. The van der Waals surface area contributed by atoms with Gasteiger partial charge in [-0.1, -0.05) is 25.0 Å². The number of hydrogen-bond donors (Lipinski definition) is 0. The number of halogens is 1. The highest BCUT2D eigenvalue weighted by molar-refractivity contribution is 5.88. The first-order valence-electron chi connectivity index (χ1n) is 8.97. The fraction of sp³-hybridized carbons (Fsp3) is 0.632. The van der Waals surface area contributed by atoms with Gasteiger partial charge < -0.3 is 14.4 Å². The number of likely N-dealkylation sites (tertiary alicyclic amines) is 1. The Bertz CT molecular complexity index is 594. The van der Waals surface area contributed by atoms with E-state index < -0.39 is 11.2 Å². The van der Waals surface area contributed by atoms with Crippen LogP contribution >= 0.6 is 0 Å². The molecule has 0 unspecified atom stereocenters. The van der Waals surface area contributed by atoms with Crippen molar-refractivity contribution in [1.29, 1.82) is 0 Å². The second-order valence-corrected chi connectivity index (χ2v) is 7.20. The average Bonchev–Trinajstić information content (AvgIpc) is 3.26. The molecule has 130 valence electrons. The van der Waals surface area contributed by atoms with Gasteiger partial charge in [0.2, 0.25) is 5.91 Å². The number of benzene rings is 1. The number of amides is 1. The summed E-state index contributed by atoms with van der Waals surface area (Å²) in [5, 5.41) is 0. The van der Waals surface area contributed by atoms with Gasteiger partial charge in [0.1, 0.15) is 5.82 Å². The first kappa shape index (κ1) is 16.0. The predicted molar refractivity (Wildman–Crippen MR) is 87.0 cm³/mol. The van der Waals surface area contributed by atoms with Crippen molar-refractivity contribution in [3.63, 3.8) is 0 Å². The number of rotatable bonds is 2. The van der Waals surface area contributed by atoms with Gasteiger partial charge in [-0.25, -0.2) is 4.39 Å². The van der Waals surface area contributed by atoms with Crippen molar-refractivity contribution in [2.45, 2.75) is 49.7 Å². The summed E-state index contributed by atoms with van der Waals surface area (Å²) in [5.41, 5.74) is 0.482. The molecule has 5 heteroatoms. The molecule has 0 atom stereocenters. The van der Waals surface area contributed by atoms with E-state index in [-0.39, 0.29) is 11.7 Å².